The van der Waals surface area contributed by atoms with Crippen LogP contribution in [-0.4, -0.2) is 18.4 Å². The molecule has 0 spiro atoms. The Morgan fingerprint density at radius 2 is 2.20 bits per heavy atom. The van der Waals surface area contributed by atoms with Gasteiger partial charge in [0.1, 0.15) is 11.3 Å². The Hall–Kier alpha value is -1.88. The van der Waals surface area contributed by atoms with E-state index in [9.17, 15) is 9.59 Å². The van der Waals surface area contributed by atoms with E-state index in [1.54, 1.807) is 6.08 Å². The van der Waals surface area contributed by atoms with Gasteiger partial charge in [0.15, 0.2) is 5.78 Å². The topological polar surface area (TPSA) is 64.6 Å². The number of carbonyl (C=O) groups is 2. The second-order valence-electron chi connectivity index (χ2n) is 4.87. The van der Waals surface area contributed by atoms with E-state index in [0.29, 0.717) is 30.2 Å². The molecule has 0 saturated heterocycles. The third-order valence-corrected chi connectivity index (χ3v) is 2.63. The maximum atomic E-state index is 12.1. The lowest BCUT2D eigenvalue weighted by molar-refractivity contribution is -0.138. The Labute approximate surface area is 119 Å². The summed E-state index contributed by atoms with van der Waals surface area (Å²) in [4.78, 5) is 29.1. The van der Waals surface area contributed by atoms with Crippen molar-refractivity contribution in [2.45, 2.75) is 33.6 Å². The molecule has 0 saturated carbocycles. The van der Waals surface area contributed by atoms with Gasteiger partial charge in [0.2, 0.25) is 0 Å². The number of esters is 1. The first kappa shape index (κ1) is 16.2. The molecule has 0 amide bonds. The van der Waals surface area contributed by atoms with Crippen LogP contribution in [-0.2, 0) is 19.2 Å². The van der Waals surface area contributed by atoms with Crippen LogP contribution in [0.15, 0.2) is 35.8 Å². The number of cyclic esters (lactones) is 1. The van der Waals surface area contributed by atoms with Gasteiger partial charge in [-0.05, 0) is 12.3 Å². The minimum Gasteiger partial charge on any atom is -0.427 e. The van der Waals surface area contributed by atoms with Gasteiger partial charge >= 0.3 is 5.97 Å². The first-order chi connectivity index (χ1) is 9.49. The number of nitrogens with one attached hydrogen (secondary N) is 1. The first-order valence-corrected chi connectivity index (χ1v) is 6.68. The quantitative estimate of drug-likeness (QED) is 0.194. The normalized spacial score (nSPS) is 17.7. The number of ketones is 1. The van der Waals surface area contributed by atoms with Crippen LogP contribution in [0.3, 0.4) is 0 Å². The van der Waals surface area contributed by atoms with Gasteiger partial charge in [0, 0.05) is 12.5 Å². The van der Waals surface area contributed by atoms with Crippen LogP contribution < -0.4 is 5.48 Å². The first-order valence-electron chi connectivity index (χ1n) is 6.68. The third-order valence-electron chi connectivity index (χ3n) is 2.63. The fourth-order valence-electron chi connectivity index (χ4n) is 1.78. The molecule has 0 aromatic rings. The monoisotopic (exact) mass is 279 g/mol. The van der Waals surface area contributed by atoms with E-state index in [1.165, 1.54) is 6.08 Å². The molecule has 0 unspecified atom stereocenters. The van der Waals surface area contributed by atoms with E-state index in [1.807, 2.05) is 20.8 Å². The van der Waals surface area contributed by atoms with Crippen molar-refractivity contribution in [1.29, 1.82) is 0 Å². The van der Waals surface area contributed by atoms with Crippen molar-refractivity contribution in [2.24, 2.45) is 5.92 Å². The molecule has 0 bridgehead atoms. The summed E-state index contributed by atoms with van der Waals surface area (Å²) in [7, 11) is 0. The molecular formula is C15H21NO4. The van der Waals surface area contributed by atoms with E-state index >= 15 is 0 Å². The summed E-state index contributed by atoms with van der Waals surface area (Å²) in [6.07, 6.45) is 3.96. The fourth-order valence-corrected chi connectivity index (χ4v) is 1.78. The predicted octanol–water partition coefficient (Wildman–Crippen LogP) is 2.41. The van der Waals surface area contributed by atoms with Crippen molar-refractivity contribution < 1.29 is 19.2 Å². The predicted molar refractivity (Wildman–Crippen MR) is 75.2 cm³/mol. The lowest BCUT2D eigenvalue weighted by Gasteiger charge is -2.19. The Balaban J connectivity index is 2.94. The molecule has 1 N–H and O–H groups in total. The summed E-state index contributed by atoms with van der Waals surface area (Å²) in [5.74, 6) is -0.239. The van der Waals surface area contributed by atoms with Crippen molar-refractivity contribution in [1.82, 2.24) is 5.48 Å². The Morgan fingerprint density at radius 3 is 2.70 bits per heavy atom. The van der Waals surface area contributed by atoms with Crippen molar-refractivity contribution in [2.75, 3.05) is 6.61 Å². The summed E-state index contributed by atoms with van der Waals surface area (Å²) in [5.41, 5.74) is 3.04. The molecule has 20 heavy (non-hydrogen) atoms. The Morgan fingerprint density at radius 1 is 1.50 bits per heavy atom. The summed E-state index contributed by atoms with van der Waals surface area (Å²) in [6, 6.07) is 0. The van der Waals surface area contributed by atoms with Gasteiger partial charge in [-0.3, -0.25) is 15.1 Å². The average Bonchev–Trinajstić information content (AvgIpc) is 2.35. The standard InChI is InChI=1S/C15H21NO4/c1-5-7-19-16-12(6-2)14-13(17)9-11(8-10(3)4)20-15(14)18/h5,9-10,16H,1,6-8H2,2-4H3. The van der Waals surface area contributed by atoms with E-state index in [4.69, 9.17) is 9.57 Å². The Bertz CT molecular complexity index is 460. The van der Waals surface area contributed by atoms with E-state index in [2.05, 4.69) is 12.1 Å². The number of allylic oxidation sites excluding steroid dienone is 3. The molecule has 5 heteroatoms. The number of carbonyl (C=O) groups excluding carboxylic acids is 2. The van der Waals surface area contributed by atoms with Crippen molar-refractivity contribution in [3.63, 3.8) is 0 Å². The largest absolute Gasteiger partial charge is 0.427 e. The number of ether oxygens (including phenoxy) is 1. The summed E-state index contributed by atoms with van der Waals surface area (Å²) in [6.45, 7) is 9.59. The fraction of sp³-hybridized carbons (Fsp3) is 0.467. The third kappa shape index (κ3) is 4.35. The van der Waals surface area contributed by atoms with Crippen LogP contribution in [0.2, 0.25) is 0 Å². The smallest absolute Gasteiger partial charge is 0.349 e. The van der Waals surface area contributed by atoms with Crippen LogP contribution in [0.5, 0.6) is 0 Å². The maximum absolute atomic E-state index is 12.1. The van der Waals surface area contributed by atoms with Gasteiger partial charge < -0.3 is 4.74 Å². The SMILES string of the molecule is C=CCONC(CC)=C1C(=O)C=C(CC(C)C)OC1=O. The van der Waals surface area contributed by atoms with Gasteiger partial charge in [-0.15, -0.1) is 6.58 Å². The van der Waals surface area contributed by atoms with E-state index < -0.39 is 5.97 Å². The van der Waals surface area contributed by atoms with Crippen LogP contribution in [0.4, 0.5) is 0 Å². The van der Waals surface area contributed by atoms with Gasteiger partial charge in [-0.1, -0.05) is 26.8 Å². The molecule has 1 rings (SSSR count). The average molecular weight is 279 g/mol. The lowest BCUT2D eigenvalue weighted by Crippen LogP contribution is -2.27. The number of hydroxylamine groups is 1. The van der Waals surface area contributed by atoms with Gasteiger partial charge in [-0.2, -0.15) is 0 Å². The number of rotatable bonds is 7. The van der Waals surface area contributed by atoms with E-state index in [-0.39, 0.29) is 18.0 Å². The zero-order valence-electron chi connectivity index (χ0n) is 12.2. The van der Waals surface area contributed by atoms with Crippen molar-refractivity contribution >= 4 is 11.8 Å². The van der Waals surface area contributed by atoms with Crippen LogP contribution in [0.25, 0.3) is 0 Å². The second-order valence-corrected chi connectivity index (χ2v) is 4.87. The summed E-state index contributed by atoms with van der Waals surface area (Å²) in [5, 5.41) is 0. The molecule has 1 heterocycles. The zero-order chi connectivity index (χ0) is 15.1. The molecule has 0 aromatic heterocycles. The van der Waals surface area contributed by atoms with E-state index in [0.717, 1.165) is 0 Å². The molecule has 0 aromatic carbocycles. The van der Waals surface area contributed by atoms with Gasteiger partial charge in [0.25, 0.3) is 0 Å². The van der Waals surface area contributed by atoms with Crippen molar-refractivity contribution in [3.05, 3.63) is 35.8 Å². The van der Waals surface area contributed by atoms with Gasteiger partial charge in [-0.25, -0.2) is 4.79 Å². The molecule has 0 radical (unpaired) electrons. The van der Waals surface area contributed by atoms with Crippen LogP contribution >= 0.6 is 0 Å². The highest BCUT2D eigenvalue weighted by Crippen LogP contribution is 2.22. The maximum Gasteiger partial charge on any atom is 0.349 e. The summed E-state index contributed by atoms with van der Waals surface area (Å²) >= 11 is 0. The zero-order valence-corrected chi connectivity index (χ0v) is 12.2. The minimum atomic E-state index is -0.625. The highest BCUT2D eigenvalue weighted by Gasteiger charge is 2.29. The molecule has 1 aliphatic heterocycles. The van der Waals surface area contributed by atoms with Gasteiger partial charge in [0.05, 0.1) is 12.3 Å². The molecule has 1 aliphatic rings. The molecule has 5 nitrogen and oxygen atoms in total. The summed E-state index contributed by atoms with van der Waals surface area (Å²) < 4.78 is 5.20. The Kier molecular flexibility index (Phi) is 6.18. The highest BCUT2D eigenvalue weighted by molar-refractivity contribution is 6.24. The lowest BCUT2D eigenvalue weighted by atomic mass is 10.0. The second kappa shape index (κ2) is 7.65. The molecular weight excluding hydrogens is 258 g/mol. The van der Waals surface area contributed by atoms with Crippen LogP contribution in [0, 0.1) is 5.92 Å². The number of hydrogen-bond donors (Lipinski definition) is 1. The van der Waals surface area contributed by atoms with Crippen molar-refractivity contribution in [3.8, 4) is 0 Å². The number of hydrogen-bond acceptors (Lipinski definition) is 5. The molecule has 110 valence electrons. The molecule has 0 aliphatic carbocycles. The minimum absolute atomic E-state index is 0.00377. The highest BCUT2D eigenvalue weighted by atomic mass is 16.6. The molecule has 0 atom stereocenters. The molecule has 0 fully saturated rings. The van der Waals surface area contributed by atoms with Crippen LogP contribution in [0.1, 0.15) is 33.6 Å².